The average Bonchev–Trinajstić information content (AvgIpc) is 3.35. The Hall–Kier alpha value is -5.18. The van der Waals surface area contributed by atoms with E-state index in [4.69, 9.17) is 9.47 Å². The Kier molecular flexibility index (Phi) is 7.72. The van der Waals surface area contributed by atoms with Crippen LogP contribution >= 0.6 is 0 Å². The van der Waals surface area contributed by atoms with Gasteiger partial charge in [0.15, 0.2) is 6.61 Å². The van der Waals surface area contributed by atoms with Gasteiger partial charge in [0, 0.05) is 42.3 Å². The molecule has 40 heavy (non-hydrogen) atoms. The topological polar surface area (TPSA) is 114 Å². The highest BCUT2D eigenvalue weighted by Crippen LogP contribution is 2.32. The molecule has 0 spiro atoms. The summed E-state index contributed by atoms with van der Waals surface area (Å²) in [5.41, 5.74) is 1.73. The molecule has 1 aliphatic rings. The Balaban J connectivity index is 1.13. The molecule has 1 aliphatic heterocycles. The van der Waals surface area contributed by atoms with Crippen LogP contribution in [-0.2, 0) is 23.9 Å². The lowest BCUT2D eigenvalue weighted by molar-refractivity contribution is -0.151. The molecule has 0 radical (unpaired) electrons. The maximum atomic E-state index is 12.7. The van der Waals surface area contributed by atoms with Gasteiger partial charge in [0.25, 0.3) is 5.91 Å². The lowest BCUT2D eigenvalue weighted by Gasteiger charge is -2.17. The fourth-order valence-electron chi connectivity index (χ4n) is 4.51. The first-order valence-electron chi connectivity index (χ1n) is 12.8. The molecular formula is C31H27N3O6. The van der Waals surface area contributed by atoms with Crippen LogP contribution in [-0.4, -0.2) is 36.8 Å². The summed E-state index contributed by atoms with van der Waals surface area (Å²) in [6.45, 7) is 1.09. The molecule has 4 aromatic carbocycles. The smallest absolute Gasteiger partial charge is 0.311 e. The molecule has 1 fully saturated rings. The average molecular weight is 538 g/mol. The summed E-state index contributed by atoms with van der Waals surface area (Å²) in [5, 5.41) is 7.34. The zero-order chi connectivity index (χ0) is 28.1. The van der Waals surface area contributed by atoms with Crippen LogP contribution in [0.4, 0.5) is 17.1 Å². The van der Waals surface area contributed by atoms with E-state index in [2.05, 4.69) is 10.6 Å². The van der Waals surface area contributed by atoms with E-state index in [9.17, 15) is 19.2 Å². The molecule has 0 saturated carbocycles. The number of esters is 1. The number of benzene rings is 4. The van der Waals surface area contributed by atoms with Gasteiger partial charge < -0.3 is 25.0 Å². The van der Waals surface area contributed by atoms with E-state index < -0.39 is 24.4 Å². The van der Waals surface area contributed by atoms with Crippen molar-refractivity contribution in [1.29, 1.82) is 0 Å². The molecular weight excluding hydrogens is 510 g/mol. The monoisotopic (exact) mass is 537 g/mol. The number of hydrogen-bond donors (Lipinski definition) is 2. The van der Waals surface area contributed by atoms with E-state index in [0.29, 0.717) is 22.8 Å². The molecule has 0 bridgehead atoms. The van der Waals surface area contributed by atoms with Gasteiger partial charge in [-0.1, -0.05) is 36.4 Å². The minimum Gasteiger partial charge on any atom is -0.457 e. The Bertz CT molecular complexity index is 1560. The lowest BCUT2D eigenvalue weighted by Crippen LogP contribution is -2.28. The second-order valence-corrected chi connectivity index (χ2v) is 9.39. The Labute approximate surface area is 230 Å². The number of hydrogen-bond acceptors (Lipinski definition) is 6. The molecule has 9 heteroatoms. The van der Waals surface area contributed by atoms with Crippen molar-refractivity contribution in [2.45, 2.75) is 13.3 Å². The number of nitrogens with one attached hydrogen (secondary N) is 2. The van der Waals surface area contributed by atoms with Gasteiger partial charge >= 0.3 is 5.97 Å². The van der Waals surface area contributed by atoms with Crippen LogP contribution in [0.1, 0.15) is 13.3 Å². The van der Waals surface area contributed by atoms with Crippen molar-refractivity contribution >= 4 is 51.5 Å². The zero-order valence-electron chi connectivity index (χ0n) is 21.8. The number of carbonyl (C=O) groups excluding carboxylic acids is 4. The predicted octanol–water partition coefficient (Wildman–Crippen LogP) is 5.13. The molecule has 5 rings (SSSR count). The molecule has 4 aromatic rings. The van der Waals surface area contributed by atoms with Crippen LogP contribution in [0.15, 0.2) is 91.0 Å². The first-order valence-corrected chi connectivity index (χ1v) is 12.8. The molecule has 0 aromatic heterocycles. The fraction of sp³-hybridized carbons (Fsp3) is 0.161. The summed E-state index contributed by atoms with van der Waals surface area (Å²) in [5.74, 6) is -0.838. The van der Waals surface area contributed by atoms with E-state index in [-0.39, 0.29) is 24.8 Å². The summed E-state index contributed by atoms with van der Waals surface area (Å²) in [6.07, 6.45) is -0.000675. The van der Waals surface area contributed by atoms with Crippen molar-refractivity contribution in [3.05, 3.63) is 91.0 Å². The summed E-state index contributed by atoms with van der Waals surface area (Å²) >= 11 is 0. The van der Waals surface area contributed by atoms with Gasteiger partial charge in [0.05, 0.1) is 5.92 Å². The molecule has 0 unspecified atom stereocenters. The molecule has 1 atom stereocenters. The van der Waals surface area contributed by atoms with Crippen molar-refractivity contribution in [3.8, 4) is 11.5 Å². The fourth-order valence-corrected chi connectivity index (χ4v) is 4.51. The normalized spacial score (nSPS) is 14.6. The summed E-state index contributed by atoms with van der Waals surface area (Å²) in [4.78, 5) is 50.1. The van der Waals surface area contributed by atoms with E-state index >= 15 is 0 Å². The number of nitrogens with zero attached hydrogens (tertiary/aromatic N) is 1. The molecule has 9 nitrogen and oxygen atoms in total. The van der Waals surface area contributed by atoms with Gasteiger partial charge in [0.2, 0.25) is 11.8 Å². The van der Waals surface area contributed by atoms with Crippen LogP contribution in [0.5, 0.6) is 11.5 Å². The van der Waals surface area contributed by atoms with Crippen LogP contribution in [0.3, 0.4) is 0 Å². The second kappa shape index (κ2) is 11.7. The first-order chi connectivity index (χ1) is 19.4. The van der Waals surface area contributed by atoms with E-state index in [1.807, 2.05) is 42.5 Å². The Morgan fingerprint density at radius 3 is 2.25 bits per heavy atom. The number of rotatable bonds is 8. The second-order valence-electron chi connectivity index (χ2n) is 9.39. The third kappa shape index (κ3) is 6.27. The lowest BCUT2D eigenvalue weighted by atomic mass is 10.1. The SMILES string of the molecule is CC(=O)Nc1ccc(NC(=O)COC(=O)[C@H]2CC(=O)N(c3ccc(Oc4cccc5ccccc45)cc3)C2)cc1. The number of anilines is 3. The van der Waals surface area contributed by atoms with Crippen LogP contribution < -0.4 is 20.3 Å². The maximum Gasteiger partial charge on any atom is 0.311 e. The number of amides is 3. The minimum atomic E-state index is -0.677. The predicted molar refractivity (Wildman–Crippen MR) is 151 cm³/mol. The molecule has 1 heterocycles. The number of carbonyl (C=O) groups is 4. The highest BCUT2D eigenvalue weighted by Gasteiger charge is 2.36. The number of fused-ring (bicyclic) bond motifs is 1. The largest absolute Gasteiger partial charge is 0.457 e. The van der Waals surface area contributed by atoms with Gasteiger partial charge in [-0.2, -0.15) is 0 Å². The molecule has 202 valence electrons. The summed E-state index contributed by atoms with van der Waals surface area (Å²) in [6, 6.07) is 27.5. The molecule has 3 amide bonds. The van der Waals surface area contributed by atoms with E-state index in [0.717, 1.165) is 16.5 Å². The van der Waals surface area contributed by atoms with E-state index in [1.54, 1.807) is 48.5 Å². The van der Waals surface area contributed by atoms with Gasteiger partial charge in [-0.05, 0) is 60.0 Å². The quantitative estimate of drug-likeness (QED) is 0.302. The Morgan fingerprint density at radius 1 is 0.850 bits per heavy atom. The highest BCUT2D eigenvalue weighted by molar-refractivity contribution is 6.00. The van der Waals surface area contributed by atoms with Crippen LogP contribution in [0.25, 0.3) is 10.8 Å². The van der Waals surface area contributed by atoms with Gasteiger partial charge in [-0.15, -0.1) is 0 Å². The van der Waals surface area contributed by atoms with Crippen molar-refractivity contribution in [3.63, 3.8) is 0 Å². The summed E-state index contributed by atoms with van der Waals surface area (Å²) < 4.78 is 11.3. The van der Waals surface area contributed by atoms with Crippen molar-refractivity contribution in [2.75, 3.05) is 28.7 Å². The zero-order valence-corrected chi connectivity index (χ0v) is 21.8. The van der Waals surface area contributed by atoms with E-state index in [1.165, 1.54) is 11.8 Å². The standard InChI is InChI=1S/C31H27N3O6/c1-20(35)32-23-9-11-24(12-10-23)33-29(36)19-39-31(38)22-17-30(37)34(18-22)25-13-15-26(16-14-25)40-28-8-4-6-21-5-2-3-7-27(21)28/h2-16,22H,17-19H2,1H3,(H,32,35)(H,33,36)/t22-/m0/s1. The highest BCUT2D eigenvalue weighted by atomic mass is 16.5. The van der Waals surface area contributed by atoms with Crippen LogP contribution in [0.2, 0.25) is 0 Å². The maximum absolute atomic E-state index is 12.7. The first kappa shape index (κ1) is 26.4. The van der Waals surface area contributed by atoms with Crippen molar-refractivity contribution in [1.82, 2.24) is 0 Å². The minimum absolute atomic E-state index is 0.000675. The molecule has 1 saturated heterocycles. The van der Waals surface area contributed by atoms with Crippen molar-refractivity contribution < 1.29 is 28.7 Å². The molecule has 0 aliphatic carbocycles. The number of ether oxygens (including phenoxy) is 2. The van der Waals surface area contributed by atoms with Gasteiger partial charge in [-0.3, -0.25) is 19.2 Å². The third-order valence-electron chi connectivity index (χ3n) is 6.42. The van der Waals surface area contributed by atoms with Crippen molar-refractivity contribution in [2.24, 2.45) is 5.92 Å². The summed E-state index contributed by atoms with van der Waals surface area (Å²) in [7, 11) is 0. The van der Waals surface area contributed by atoms with Gasteiger partial charge in [0.1, 0.15) is 11.5 Å². The molecule has 2 N–H and O–H groups in total. The van der Waals surface area contributed by atoms with Gasteiger partial charge in [-0.25, -0.2) is 0 Å². The Morgan fingerprint density at radius 2 is 1.52 bits per heavy atom. The van der Waals surface area contributed by atoms with Crippen LogP contribution in [0, 0.1) is 5.92 Å². The third-order valence-corrected chi connectivity index (χ3v) is 6.42.